The van der Waals surface area contributed by atoms with Gasteiger partial charge in [0.2, 0.25) is 11.8 Å². The quantitative estimate of drug-likeness (QED) is 0.0648. The first-order valence-corrected chi connectivity index (χ1v) is 20.3. The van der Waals surface area contributed by atoms with Crippen LogP contribution in [0.15, 0.2) is 48.5 Å². The molecular weight excluding hydrogens is 713 g/mol. The van der Waals surface area contributed by atoms with Crippen LogP contribution < -0.4 is 21.3 Å². The zero-order chi connectivity index (χ0) is 41.7. The molecule has 4 atom stereocenters. The van der Waals surface area contributed by atoms with Gasteiger partial charge in [0, 0.05) is 36.9 Å². The zero-order valence-corrected chi connectivity index (χ0v) is 34.6. The van der Waals surface area contributed by atoms with E-state index in [2.05, 4.69) is 52.5 Å². The third kappa shape index (κ3) is 18.3. The topological polar surface area (TPSA) is 180 Å². The van der Waals surface area contributed by atoms with E-state index >= 15 is 0 Å². The summed E-state index contributed by atoms with van der Waals surface area (Å²) in [5.74, 6) is -3.96. The van der Waals surface area contributed by atoms with Crippen LogP contribution in [0.2, 0.25) is 0 Å². The van der Waals surface area contributed by atoms with Crippen LogP contribution in [0.3, 0.4) is 0 Å². The first kappa shape index (κ1) is 47.4. The fraction of sp³-hybridized carbons (Fsp3) is 0.591. The summed E-state index contributed by atoms with van der Waals surface area (Å²) in [6, 6.07) is 14.0. The summed E-state index contributed by atoms with van der Waals surface area (Å²) in [5, 5.41) is 20.6. The van der Waals surface area contributed by atoms with E-state index in [4.69, 9.17) is 4.74 Å². The van der Waals surface area contributed by atoms with Gasteiger partial charge in [-0.25, -0.2) is 9.59 Å². The second kappa shape index (κ2) is 24.7. The van der Waals surface area contributed by atoms with Gasteiger partial charge < -0.3 is 31.1 Å². The number of rotatable bonds is 25. The molecule has 0 spiro atoms. The Balaban J connectivity index is 1.98. The third-order valence-corrected chi connectivity index (χ3v) is 9.52. The van der Waals surface area contributed by atoms with Crippen molar-refractivity contribution in [2.45, 2.75) is 143 Å². The van der Waals surface area contributed by atoms with E-state index in [1.165, 1.54) is 5.56 Å². The Morgan fingerprint density at radius 2 is 1.21 bits per heavy atom. The summed E-state index contributed by atoms with van der Waals surface area (Å²) >= 11 is 0. The maximum absolute atomic E-state index is 13.6. The average Bonchev–Trinajstić information content (AvgIpc) is 3.15. The lowest BCUT2D eigenvalue weighted by atomic mass is 9.95. The predicted molar refractivity (Wildman–Crippen MR) is 219 cm³/mol. The Morgan fingerprint density at radius 3 is 1.80 bits per heavy atom. The largest absolute Gasteiger partial charge is 0.480 e. The molecule has 5 N–H and O–H groups in total. The lowest BCUT2D eigenvalue weighted by molar-refractivity contribution is -0.142. The Morgan fingerprint density at radius 1 is 0.661 bits per heavy atom. The van der Waals surface area contributed by atoms with Gasteiger partial charge in [-0.1, -0.05) is 89.8 Å². The minimum absolute atomic E-state index is 0.191. The molecule has 0 aromatic heterocycles. The molecule has 0 saturated heterocycles. The van der Waals surface area contributed by atoms with Gasteiger partial charge in [-0.15, -0.1) is 0 Å². The van der Waals surface area contributed by atoms with Gasteiger partial charge in [0.05, 0.1) is 6.04 Å². The number of hydrogen-bond acceptors (Lipinski definition) is 7. The van der Waals surface area contributed by atoms with Crippen molar-refractivity contribution >= 4 is 35.6 Å². The number of aryl methyl sites for hydroxylation is 1. The summed E-state index contributed by atoms with van der Waals surface area (Å²) < 4.78 is 5.24. The Hall–Kier alpha value is -4.74. The molecule has 0 bridgehead atoms. The van der Waals surface area contributed by atoms with Crippen LogP contribution in [-0.2, 0) is 30.3 Å². The molecule has 0 aliphatic rings. The van der Waals surface area contributed by atoms with Crippen molar-refractivity contribution in [3.63, 3.8) is 0 Å². The molecule has 2 rings (SSSR count). The number of alkyl carbamates (subject to hydrolysis) is 1. The number of carboxylic acid groups (broad SMARTS) is 1. The van der Waals surface area contributed by atoms with Crippen LogP contribution in [0.25, 0.3) is 11.1 Å². The predicted octanol–water partition coefficient (Wildman–Crippen LogP) is 7.38. The van der Waals surface area contributed by atoms with E-state index in [-0.39, 0.29) is 37.0 Å². The second-order valence-corrected chi connectivity index (χ2v) is 15.8. The fourth-order valence-corrected chi connectivity index (χ4v) is 6.01. The van der Waals surface area contributed by atoms with Crippen LogP contribution in [0, 0.1) is 11.8 Å². The van der Waals surface area contributed by atoms with Crippen molar-refractivity contribution in [3.8, 4) is 11.1 Å². The number of carboxylic acids is 1. The number of carbonyl (C=O) groups excluding carboxylic acids is 5. The molecule has 12 heteroatoms. The molecule has 0 fully saturated rings. The minimum atomic E-state index is -1.12. The van der Waals surface area contributed by atoms with Gasteiger partial charge in [-0.2, -0.15) is 0 Å². The maximum atomic E-state index is 13.6. The molecule has 0 radical (unpaired) electrons. The SMILES string of the molecule is CCCCC[C@H](NC(=O)[C@H](C)CC(=O)[C@H](CCCCNC(=O)c1ccc(-c2ccc(CCCC)cc2)cc1)NC(=O)[C@@H](C)CCNC(=O)OC(C)(C)C)C(=O)O. The number of carbonyl (C=O) groups is 6. The van der Waals surface area contributed by atoms with Gasteiger partial charge in [0.15, 0.2) is 5.78 Å². The van der Waals surface area contributed by atoms with E-state index in [1.54, 1.807) is 46.8 Å². The first-order chi connectivity index (χ1) is 26.5. The van der Waals surface area contributed by atoms with Gasteiger partial charge in [0.1, 0.15) is 11.6 Å². The number of Topliss-reactive ketones (excluding diaryl/α,β-unsaturated/α-hetero) is 1. The minimum Gasteiger partial charge on any atom is -0.480 e. The molecule has 56 heavy (non-hydrogen) atoms. The monoisotopic (exact) mass is 778 g/mol. The molecule has 310 valence electrons. The molecule has 12 nitrogen and oxygen atoms in total. The molecule has 0 aliphatic heterocycles. The van der Waals surface area contributed by atoms with Crippen molar-refractivity contribution in [1.82, 2.24) is 21.3 Å². The van der Waals surface area contributed by atoms with Crippen molar-refractivity contribution in [2.75, 3.05) is 13.1 Å². The number of nitrogens with one attached hydrogen (secondary N) is 4. The molecule has 0 heterocycles. The van der Waals surface area contributed by atoms with Crippen molar-refractivity contribution in [1.29, 1.82) is 0 Å². The molecular formula is C44H66N4O8. The average molecular weight is 779 g/mol. The van der Waals surface area contributed by atoms with Gasteiger partial charge in [-0.3, -0.25) is 19.2 Å². The summed E-state index contributed by atoms with van der Waals surface area (Å²) in [6.45, 7) is 13.2. The number of aliphatic carboxylic acids is 1. The fourth-order valence-electron chi connectivity index (χ4n) is 6.01. The third-order valence-electron chi connectivity index (χ3n) is 9.52. The summed E-state index contributed by atoms with van der Waals surface area (Å²) in [4.78, 5) is 76.4. The Bertz CT molecular complexity index is 1550. The van der Waals surface area contributed by atoms with Gasteiger partial charge in [-0.05, 0) is 94.5 Å². The van der Waals surface area contributed by atoms with Crippen molar-refractivity contribution in [3.05, 3.63) is 59.7 Å². The highest BCUT2D eigenvalue weighted by Crippen LogP contribution is 2.21. The number of ketones is 1. The van der Waals surface area contributed by atoms with Gasteiger partial charge in [0.25, 0.3) is 5.91 Å². The van der Waals surface area contributed by atoms with Crippen molar-refractivity contribution in [2.24, 2.45) is 11.8 Å². The molecule has 4 amide bonds. The molecule has 0 aliphatic carbocycles. The second-order valence-electron chi connectivity index (χ2n) is 15.8. The highest BCUT2D eigenvalue weighted by molar-refractivity contribution is 5.95. The molecule has 0 unspecified atom stereocenters. The van der Waals surface area contributed by atoms with E-state index in [0.29, 0.717) is 44.2 Å². The summed E-state index contributed by atoms with van der Waals surface area (Å²) in [5.41, 5.74) is 3.29. The van der Waals surface area contributed by atoms with Gasteiger partial charge >= 0.3 is 12.1 Å². The van der Waals surface area contributed by atoms with Crippen LogP contribution >= 0.6 is 0 Å². The lowest BCUT2D eigenvalue weighted by Crippen LogP contribution is -2.46. The van der Waals surface area contributed by atoms with E-state index in [9.17, 15) is 33.9 Å². The Labute approximate surface area is 333 Å². The maximum Gasteiger partial charge on any atom is 0.407 e. The first-order valence-electron chi connectivity index (χ1n) is 20.3. The standard InChI is InChI=1S/C44H66N4O8/c1-8-10-12-17-37(42(53)54)48-40(51)31(4)29-38(49)36(47-39(50)30(3)26-28-46-43(55)56-44(5,6)7)16-13-14-27-45-41(52)35-24-22-34(23-25-35)33-20-18-32(19-21-33)15-11-9-2/h18-25,30-31,36-37H,8-17,26-29H2,1-7H3,(H,45,52)(H,46,55)(H,47,50)(H,48,51)(H,53,54)/t30-,31+,36-,37-/m0/s1. The van der Waals surface area contributed by atoms with Crippen LogP contribution in [0.4, 0.5) is 4.79 Å². The molecule has 0 saturated carbocycles. The number of unbranched alkanes of at least 4 members (excludes halogenated alkanes) is 4. The normalized spacial score (nSPS) is 13.4. The van der Waals surface area contributed by atoms with Crippen LogP contribution in [0.1, 0.15) is 135 Å². The smallest absolute Gasteiger partial charge is 0.407 e. The van der Waals surface area contributed by atoms with E-state index in [0.717, 1.165) is 43.2 Å². The zero-order valence-electron chi connectivity index (χ0n) is 34.6. The summed E-state index contributed by atoms with van der Waals surface area (Å²) in [7, 11) is 0. The lowest BCUT2D eigenvalue weighted by Gasteiger charge is -2.23. The van der Waals surface area contributed by atoms with E-state index < -0.39 is 47.5 Å². The van der Waals surface area contributed by atoms with E-state index in [1.807, 2.05) is 19.1 Å². The number of benzene rings is 2. The number of ether oxygens (including phenoxy) is 1. The molecule has 2 aromatic carbocycles. The highest BCUT2D eigenvalue weighted by atomic mass is 16.6. The highest BCUT2D eigenvalue weighted by Gasteiger charge is 2.29. The summed E-state index contributed by atoms with van der Waals surface area (Å²) in [6.07, 6.45) is 6.91. The van der Waals surface area contributed by atoms with Crippen LogP contribution in [-0.4, -0.2) is 71.4 Å². The number of amides is 4. The molecule has 2 aromatic rings. The Kier molecular flexibility index (Phi) is 20.9. The van der Waals surface area contributed by atoms with Crippen molar-refractivity contribution < 1.29 is 38.6 Å². The number of hydrogen-bond donors (Lipinski definition) is 5. The van der Waals surface area contributed by atoms with Crippen LogP contribution in [0.5, 0.6) is 0 Å².